The third-order valence-corrected chi connectivity index (χ3v) is 5.23. The number of rotatable bonds is 3. The Balaban J connectivity index is 1.54. The fraction of sp³-hybridized carbons (Fsp3) is 0.273. The third-order valence-electron chi connectivity index (χ3n) is 5.23. The molecular weight excluding hydrogens is 338 g/mol. The second kappa shape index (κ2) is 7.27. The van der Waals surface area contributed by atoms with E-state index in [4.69, 9.17) is 4.74 Å². The first kappa shape index (κ1) is 17.3. The van der Waals surface area contributed by atoms with Gasteiger partial charge in [0.1, 0.15) is 5.75 Å². The quantitative estimate of drug-likeness (QED) is 0.307. The molecule has 0 amide bonds. The van der Waals surface area contributed by atoms with Crippen LogP contribution in [0, 0.1) is 0 Å². The first-order valence-electron chi connectivity index (χ1n) is 9.29. The van der Waals surface area contributed by atoms with Crippen LogP contribution >= 0.6 is 0 Å². The minimum Gasteiger partial charge on any atom is -0.439 e. The molecule has 1 aliphatic heterocycles. The van der Waals surface area contributed by atoms with Crippen LogP contribution in [0.15, 0.2) is 65.9 Å². The molecule has 0 spiro atoms. The first-order valence-corrected chi connectivity index (χ1v) is 9.29. The van der Waals surface area contributed by atoms with Crippen LogP contribution in [0.1, 0.15) is 32.3 Å². The minimum atomic E-state index is 0.347. The van der Waals surface area contributed by atoms with Crippen molar-refractivity contribution in [1.82, 2.24) is 9.88 Å². The number of aromatic nitrogens is 1. The summed E-state index contributed by atoms with van der Waals surface area (Å²) in [6.07, 6.45) is 3.89. The van der Waals surface area contributed by atoms with Gasteiger partial charge >= 0.3 is 0 Å². The Morgan fingerprint density at radius 1 is 1.04 bits per heavy atom. The zero-order chi connectivity index (χ0) is 18.8. The molecule has 1 N–H and O–H groups in total. The molecule has 2 heterocycles. The Bertz CT molecular complexity index is 959. The van der Waals surface area contributed by atoms with Crippen molar-refractivity contribution in [3.8, 4) is 11.6 Å². The maximum absolute atomic E-state index is 9.57. The van der Waals surface area contributed by atoms with E-state index < -0.39 is 0 Å². The topological polar surface area (TPSA) is 58.0 Å². The van der Waals surface area contributed by atoms with Crippen LogP contribution in [0.25, 0.3) is 10.8 Å². The molecule has 0 bridgehead atoms. The van der Waals surface area contributed by atoms with Crippen LogP contribution < -0.4 is 4.74 Å². The van der Waals surface area contributed by atoms with E-state index in [-0.39, 0.29) is 0 Å². The maximum atomic E-state index is 9.57. The molecular formula is C22H23N3O2. The molecule has 1 aliphatic rings. The molecule has 1 saturated heterocycles. The molecule has 5 nitrogen and oxygen atoms in total. The van der Waals surface area contributed by atoms with Crippen LogP contribution in [0.4, 0.5) is 0 Å². The lowest BCUT2D eigenvalue weighted by Crippen LogP contribution is -2.39. The van der Waals surface area contributed by atoms with Crippen molar-refractivity contribution in [2.75, 3.05) is 0 Å². The van der Waals surface area contributed by atoms with Gasteiger partial charge < -0.3 is 14.8 Å². The average Bonchev–Trinajstić information content (AvgIpc) is 3.02. The SMILES string of the molecule is CC1CCC(C)N1/C(=N\O)c1ccc(Oc2ccc3ccccc3c2)nc1. The molecule has 4 rings (SSSR count). The fourth-order valence-corrected chi connectivity index (χ4v) is 3.80. The van der Waals surface area contributed by atoms with Crippen molar-refractivity contribution in [2.24, 2.45) is 5.16 Å². The van der Waals surface area contributed by atoms with E-state index in [1.165, 1.54) is 5.39 Å². The van der Waals surface area contributed by atoms with Gasteiger partial charge in [0, 0.05) is 29.9 Å². The Kier molecular flexibility index (Phi) is 4.67. The predicted molar refractivity (Wildman–Crippen MR) is 107 cm³/mol. The number of nitrogens with zero attached hydrogens (tertiary/aromatic N) is 3. The van der Waals surface area contributed by atoms with Crippen LogP contribution in [0.2, 0.25) is 0 Å². The number of benzene rings is 2. The molecule has 138 valence electrons. The van der Waals surface area contributed by atoms with E-state index in [0.29, 0.717) is 23.8 Å². The standard InChI is InChI=1S/C22H23N3O2/c1-15-7-8-16(2)25(15)22(24-26)19-10-12-21(23-14-19)27-20-11-9-17-5-3-4-6-18(17)13-20/h3-6,9-16,26H,7-8H2,1-2H3/b24-22-. The number of pyridine rings is 1. The lowest BCUT2D eigenvalue weighted by molar-refractivity contribution is 0.283. The third kappa shape index (κ3) is 3.45. The lowest BCUT2D eigenvalue weighted by Gasteiger charge is -2.28. The summed E-state index contributed by atoms with van der Waals surface area (Å²) >= 11 is 0. The fourth-order valence-electron chi connectivity index (χ4n) is 3.80. The normalized spacial score (nSPS) is 20.2. The van der Waals surface area contributed by atoms with Gasteiger partial charge in [-0.05, 0) is 55.7 Å². The summed E-state index contributed by atoms with van der Waals surface area (Å²) in [5.74, 6) is 1.82. The highest BCUT2D eigenvalue weighted by atomic mass is 16.5. The Hall–Kier alpha value is -3.08. The highest BCUT2D eigenvalue weighted by Gasteiger charge is 2.31. The molecule has 5 heteroatoms. The molecule has 0 radical (unpaired) electrons. The van der Waals surface area contributed by atoms with Crippen molar-refractivity contribution >= 4 is 16.6 Å². The van der Waals surface area contributed by atoms with E-state index >= 15 is 0 Å². The number of ether oxygens (including phenoxy) is 1. The second-order valence-electron chi connectivity index (χ2n) is 7.10. The summed E-state index contributed by atoms with van der Waals surface area (Å²) in [6, 6.07) is 18.5. The summed E-state index contributed by atoms with van der Waals surface area (Å²) in [7, 11) is 0. The molecule has 0 saturated carbocycles. The van der Waals surface area contributed by atoms with Crippen molar-refractivity contribution < 1.29 is 9.94 Å². The van der Waals surface area contributed by atoms with Gasteiger partial charge in [0.25, 0.3) is 0 Å². The van der Waals surface area contributed by atoms with Crippen molar-refractivity contribution in [3.05, 3.63) is 66.4 Å². The van der Waals surface area contributed by atoms with E-state index in [0.717, 1.165) is 29.5 Å². The van der Waals surface area contributed by atoms with E-state index in [9.17, 15) is 5.21 Å². The second-order valence-corrected chi connectivity index (χ2v) is 7.10. The number of hydrogen-bond donors (Lipinski definition) is 1. The number of fused-ring (bicyclic) bond motifs is 1. The van der Waals surface area contributed by atoms with Crippen molar-refractivity contribution in [2.45, 2.75) is 38.8 Å². The van der Waals surface area contributed by atoms with Crippen molar-refractivity contribution in [3.63, 3.8) is 0 Å². The summed E-state index contributed by atoms with van der Waals surface area (Å²) in [5, 5.41) is 15.4. The van der Waals surface area contributed by atoms with Gasteiger partial charge in [0.15, 0.2) is 5.84 Å². The van der Waals surface area contributed by atoms with Gasteiger partial charge in [-0.15, -0.1) is 0 Å². The first-order chi connectivity index (χ1) is 13.2. The van der Waals surface area contributed by atoms with Gasteiger partial charge in [0.05, 0.1) is 0 Å². The predicted octanol–water partition coefficient (Wildman–Crippen LogP) is 5.04. The molecule has 2 aromatic carbocycles. The molecule has 1 fully saturated rings. The molecule has 27 heavy (non-hydrogen) atoms. The monoisotopic (exact) mass is 361 g/mol. The highest BCUT2D eigenvalue weighted by molar-refractivity contribution is 5.98. The van der Waals surface area contributed by atoms with E-state index in [2.05, 4.69) is 41.0 Å². The molecule has 2 atom stereocenters. The van der Waals surface area contributed by atoms with E-state index in [1.807, 2.05) is 36.4 Å². The van der Waals surface area contributed by atoms with Crippen molar-refractivity contribution in [1.29, 1.82) is 0 Å². The van der Waals surface area contributed by atoms with Crippen LogP contribution in [0.3, 0.4) is 0 Å². The summed E-state index contributed by atoms with van der Waals surface area (Å²) < 4.78 is 5.90. The van der Waals surface area contributed by atoms with Gasteiger partial charge in [-0.3, -0.25) is 0 Å². The zero-order valence-corrected chi connectivity index (χ0v) is 15.5. The summed E-state index contributed by atoms with van der Waals surface area (Å²) in [4.78, 5) is 6.56. The largest absolute Gasteiger partial charge is 0.439 e. The molecule has 0 aliphatic carbocycles. The molecule has 3 aromatic rings. The number of amidine groups is 1. The maximum Gasteiger partial charge on any atom is 0.219 e. The average molecular weight is 361 g/mol. The zero-order valence-electron chi connectivity index (χ0n) is 15.5. The molecule has 2 unspecified atom stereocenters. The Morgan fingerprint density at radius 3 is 2.44 bits per heavy atom. The lowest BCUT2D eigenvalue weighted by atomic mass is 10.1. The Labute approximate surface area is 158 Å². The van der Waals surface area contributed by atoms with Gasteiger partial charge in [-0.25, -0.2) is 4.98 Å². The van der Waals surface area contributed by atoms with Gasteiger partial charge in [0.2, 0.25) is 5.88 Å². The number of hydrogen-bond acceptors (Lipinski definition) is 4. The van der Waals surface area contributed by atoms with Crippen LogP contribution in [0.5, 0.6) is 11.6 Å². The van der Waals surface area contributed by atoms with E-state index in [1.54, 1.807) is 12.3 Å². The number of oxime groups is 1. The van der Waals surface area contributed by atoms with Crippen LogP contribution in [-0.4, -0.2) is 33.0 Å². The number of likely N-dealkylation sites (tertiary alicyclic amines) is 1. The minimum absolute atomic E-state index is 0.347. The highest BCUT2D eigenvalue weighted by Crippen LogP contribution is 2.27. The molecule has 1 aromatic heterocycles. The van der Waals surface area contributed by atoms with Gasteiger partial charge in [-0.2, -0.15) is 0 Å². The summed E-state index contributed by atoms with van der Waals surface area (Å²) in [5.41, 5.74) is 0.781. The summed E-state index contributed by atoms with van der Waals surface area (Å²) in [6.45, 7) is 4.30. The Morgan fingerprint density at radius 2 is 1.78 bits per heavy atom. The van der Waals surface area contributed by atoms with Crippen LogP contribution in [-0.2, 0) is 0 Å². The smallest absolute Gasteiger partial charge is 0.219 e. The van der Waals surface area contributed by atoms with Gasteiger partial charge in [-0.1, -0.05) is 35.5 Å².